The van der Waals surface area contributed by atoms with Gasteiger partial charge in [-0.2, -0.15) is 0 Å². The van der Waals surface area contributed by atoms with E-state index in [1.807, 2.05) is 42.5 Å². The van der Waals surface area contributed by atoms with Crippen LogP contribution in [0.25, 0.3) is 0 Å². The number of nitrogens with two attached hydrogens (primary N) is 2. The largest absolute Gasteiger partial charge is 0.384 e. The van der Waals surface area contributed by atoms with Gasteiger partial charge in [0, 0.05) is 24.2 Å². The maximum Gasteiger partial charge on any atom is 0.252 e. The quantitative estimate of drug-likeness (QED) is 0.285. The minimum absolute atomic E-state index is 0.133. The zero-order valence-corrected chi connectivity index (χ0v) is 17.0. The summed E-state index contributed by atoms with van der Waals surface area (Å²) in [5.74, 6) is -0.899. The van der Waals surface area contributed by atoms with Crippen LogP contribution in [0, 0.1) is 5.41 Å². The fourth-order valence-electron chi connectivity index (χ4n) is 3.15. The topological polar surface area (TPSA) is 134 Å². The average Bonchev–Trinajstić information content (AvgIpc) is 2.81. The summed E-state index contributed by atoms with van der Waals surface area (Å²) in [5.41, 5.74) is 14.5. The molecule has 3 aromatic rings. The summed E-state index contributed by atoms with van der Waals surface area (Å²) in [6.07, 6.45) is 0. The maximum atomic E-state index is 13.0. The standard InChI is InChI=1S/C24H25N5O2/c25-14-16-6-4-7-17(12-16)15-28-24(31)21(18-8-2-1-3-9-18)29-23(30)20-11-5-10-19(13-20)22(26)27/h1-13,21H,14-15,25H2,(H3,26,27)(H,28,31)(H,29,30)/t21-/m1/s1. The van der Waals surface area contributed by atoms with Crippen molar-refractivity contribution in [3.8, 4) is 0 Å². The van der Waals surface area contributed by atoms with E-state index in [2.05, 4.69) is 10.6 Å². The molecule has 1 atom stereocenters. The first-order chi connectivity index (χ1) is 15.0. The third-order valence-corrected chi connectivity index (χ3v) is 4.80. The van der Waals surface area contributed by atoms with Crippen LogP contribution < -0.4 is 22.1 Å². The number of nitrogen functional groups attached to an aromatic ring is 1. The third-order valence-electron chi connectivity index (χ3n) is 4.80. The molecule has 7 N–H and O–H groups in total. The molecule has 158 valence electrons. The molecule has 2 amide bonds. The van der Waals surface area contributed by atoms with Gasteiger partial charge in [-0.1, -0.05) is 66.7 Å². The molecule has 3 aromatic carbocycles. The van der Waals surface area contributed by atoms with Crippen molar-refractivity contribution in [2.75, 3.05) is 0 Å². The highest BCUT2D eigenvalue weighted by atomic mass is 16.2. The lowest BCUT2D eigenvalue weighted by molar-refractivity contribution is -0.123. The molecule has 0 aliphatic rings. The van der Waals surface area contributed by atoms with E-state index < -0.39 is 11.9 Å². The van der Waals surface area contributed by atoms with E-state index in [9.17, 15) is 9.59 Å². The Hall–Kier alpha value is -3.97. The Bertz CT molecular complexity index is 1080. The zero-order valence-electron chi connectivity index (χ0n) is 17.0. The lowest BCUT2D eigenvalue weighted by atomic mass is 10.0. The number of hydrogen-bond donors (Lipinski definition) is 5. The first-order valence-corrected chi connectivity index (χ1v) is 9.84. The summed E-state index contributed by atoms with van der Waals surface area (Å²) >= 11 is 0. The molecule has 0 fully saturated rings. The van der Waals surface area contributed by atoms with Gasteiger partial charge in [0.1, 0.15) is 11.9 Å². The summed E-state index contributed by atoms with van der Waals surface area (Å²) in [7, 11) is 0. The van der Waals surface area contributed by atoms with Crippen molar-refractivity contribution in [3.63, 3.8) is 0 Å². The predicted octanol–water partition coefficient (Wildman–Crippen LogP) is 2.22. The normalized spacial score (nSPS) is 11.4. The molecule has 0 spiro atoms. The van der Waals surface area contributed by atoms with Crippen LogP contribution in [0.1, 0.15) is 38.7 Å². The minimum atomic E-state index is -0.882. The second-order valence-corrected chi connectivity index (χ2v) is 7.05. The van der Waals surface area contributed by atoms with Gasteiger partial charge in [0.25, 0.3) is 5.91 Å². The van der Waals surface area contributed by atoms with E-state index in [1.54, 1.807) is 30.3 Å². The van der Waals surface area contributed by atoms with Gasteiger partial charge >= 0.3 is 0 Å². The van der Waals surface area contributed by atoms with Gasteiger partial charge < -0.3 is 22.1 Å². The van der Waals surface area contributed by atoms with Crippen molar-refractivity contribution >= 4 is 17.6 Å². The van der Waals surface area contributed by atoms with Crippen LogP contribution in [0.15, 0.2) is 78.9 Å². The van der Waals surface area contributed by atoms with Crippen molar-refractivity contribution in [1.29, 1.82) is 5.41 Å². The molecule has 0 bridgehead atoms. The van der Waals surface area contributed by atoms with E-state index in [-0.39, 0.29) is 11.7 Å². The summed E-state index contributed by atoms with van der Waals surface area (Å²) < 4.78 is 0. The number of carbonyl (C=O) groups is 2. The van der Waals surface area contributed by atoms with Gasteiger partial charge in [-0.3, -0.25) is 15.0 Å². The molecule has 0 unspecified atom stereocenters. The van der Waals surface area contributed by atoms with Crippen molar-refractivity contribution in [3.05, 3.63) is 107 Å². The lowest BCUT2D eigenvalue weighted by Gasteiger charge is -2.19. The summed E-state index contributed by atoms with van der Waals surface area (Å²) in [6, 6.07) is 22.2. The van der Waals surface area contributed by atoms with Gasteiger partial charge in [-0.25, -0.2) is 0 Å². The minimum Gasteiger partial charge on any atom is -0.384 e. The molecule has 0 aromatic heterocycles. The Labute approximate surface area is 181 Å². The van der Waals surface area contributed by atoms with Crippen LogP contribution in [0.4, 0.5) is 0 Å². The van der Waals surface area contributed by atoms with Gasteiger partial charge in [-0.05, 0) is 28.8 Å². The molecule has 0 heterocycles. The van der Waals surface area contributed by atoms with E-state index in [0.717, 1.165) is 11.1 Å². The Morgan fingerprint density at radius 1 is 0.871 bits per heavy atom. The molecule has 3 rings (SSSR count). The fourth-order valence-corrected chi connectivity index (χ4v) is 3.15. The number of benzene rings is 3. The van der Waals surface area contributed by atoms with Crippen LogP contribution >= 0.6 is 0 Å². The molecule has 0 saturated heterocycles. The van der Waals surface area contributed by atoms with Crippen LogP contribution in [0.5, 0.6) is 0 Å². The second-order valence-electron chi connectivity index (χ2n) is 7.05. The number of nitrogens with one attached hydrogen (secondary N) is 3. The van der Waals surface area contributed by atoms with Crippen molar-refractivity contribution in [2.24, 2.45) is 11.5 Å². The first-order valence-electron chi connectivity index (χ1n) is 9.84. The monoisotopic (exact) mass is 415 g/mol. The Morgan fingerprint density at radius 3 is 2.26 bits per heavy atom. The van der Waals surface area contributed by atoms with Crippen LogP contribution in [-0.2, 0) is 17.9 Å². The maximum absolute atomic E-state index is 13.0. The molecule has 7 heteroatoms. The smallest absolute Gasteiger partial charge is 0.252 e. The number of rotatable bonds is 8. The zero-order chi connectivity index (χ0) is 22.2. The van der Waals surface area contributed by atoms with E-state index >= 15 is 0 Å². The van der Waals surface area contributed by atoms with Crippen LogP contribution in [0.3, 0.4) is 0 Å². The average molecular weight is 415 g/mol. The summed E-state index contributed by atoms with van der Waals surface area (Å²) in [5, 5.41) is 13.2. The van der Waals surface area contributed by atoms with E-state index in [1.165, 1.54) is 6.07 Å². The predicted molar refractivity (Wildman–Crippen MR) is 120 cm³/mol. The number of hydrogen-bond acceptors (Lipinski definition) is 4. The highest BCUT2D eigenvalue weighted by Crippen LogP contribution is 2.15. The highest BCUT2D eigenvalue weighted by Gasteiger charge is 2.23. The molecule has 0 aliphatic heterocycles. The highest BCUT2D eigenvalue weighted by molar-refractivity contribution is 6.01. The van der Waals surface area contributed by atoms with Crippen molar-refractivity contribution in [2.45, 2.75) is 19.1 Å². The first kappa shape index (κ1) is 21.7. The number of amidine groups is 1. The molecular formula is C24H25N5O2. The van der Waals surface area contributed by atoms with Gasteiger partial charge in [-0.15, -0.1) is 0 Å². The van der Waals surface area contributed by atoms with Gasteiger partial charge in [0.15, 0.2) is 0 Å². The summed E-state index contributed by atoms with van der Waals surface area (Å²) in [6.45, 7) is 0.732. The molecule has 0 radical (unpaired) electrons. The van der Waals surface area contributed by atoms with Gasteiger partial charge in [0.05, 0.1) is 0 Å². The molecule has 0 aliphatic carbocycles. The van der Waals surface area contributed by atoms with Gasteiger partial charge in [0.2, 0.25) is 5.91 Å². The lowest BCUT2D eigenvalue weighted by Crippen LogP contribution is -2.40. The second kappa shape index (κ2) is 10.2. The molecule has 0 saturated carbocycles. The Morgan fingerprint density at radius 2 is 1.55 bits per heavy atom. The number of amides is 2. The van der Waals surface area contributed by atoms with E-state index in [4.69, 9.17) is 16.9 Å². The molecule has 31 heavy (non-hydrogen) atoms. The molecular weight excluding hydrogens is 390 g/mol. The van der Waals surface area contributed by atoms with Crippen molar-refractivity contribution < 1.29 is 9.59 Å². The summed E-state index contributed by atoms with van der Waals surface area (Å²) in [4.78, 5) is 25.9. The Balaban J connectivity index is 1.78. The SMILES string of the molecule is N=C(N)c1cccc(C(=O)N[C@@H](C(=O)NCc2cccc(CN)c2)c2ccccc2)c1. The third kappa shape index (κ3) is 5.77. The van der Waals surface area contributed by atoms with Crippen molar-refractivity contribution in [1.82, 2.24) is 10.6 Å². The van der Waals surface area contributed by atoms with Crippen LogP contribution in [-0.4, -0.2) is 17.6 Å². The molecule has 7 nitrogen and oxygen atoms in total. The number of carbonyl (C=O) groups excluding carboxylic acids is 2. The fraction of sp³-hybridized carbons (Fsp3) is 0.125. The van der Waals surface area contributed by atoms with Crippen LogP contribution in [0.2, 0.25) is 0 Å². The Kier molecular flexibility index (Phi) is 7.13. The van der Waals surface area contributed by atoms with E-state index in [0.29, 0.717) is 29.8 Å².